The topological polar surface area (TPSA) is 76.5 Å². The molecule has 0 unspecified atom stereocenters. The molecule has 0 spiro atoms. The van der Waals surface area contributed by atoms with Crippen LogP contribution < -0.4 is 10.2 Å². The predicted molar refractivity (Wildman–Crippen MR) is 152 cm³/mol. The van der Waals surface area contributed by atoms with Crippen molar-refractivity contribution in [3.8, 4) is 16.9 Å². The maximum absolute atomic E-state index is 13.9. The maximum Gasteiger partial charge on any atom is 0.240 e. The number of halogens is 2. The number of thioether (sulfide) groups is 1. The van der Waals surface area contributed by atoms with Crippen LogP contribution in [0.3, 0.4) is 0 Å². The van der Waals surface area contributed by atoms with Crippen LogP contribution in [0.15, 0.2) is 78.9 Å². The van der Waals surface area contributed by atoms with Crippen molar-refractivity contribution in [2.24, 2.45) is 0 Å². The lowest BCUT2D eigenvalue weighted by molar-refractivity contribution is -0.123. The molecule has 1 aliphatic heterocycles. The molecule has 1 aliphatic rings. The number of hydrogen-bond acceptors (Lipinski definition) is 5. The van der Waals surface area contributed by atoms with Crippen LogP contribution in [-0.2, 0) is 14.3 Å². The van der Waals surface area contributed by atoms with Gasteiger partial charge < -0.3 is 10.1 Å². The van der Waals surface area contributed by atoms with Crippen LogP contribution in [0.1, 0.15) is 16.4 Å². The maximum atomic E-state index is 13.9. The summed E-state index contributed by atoms with van der Waals surface area (Å²) in [6.45, 7) is 0.471. The van der Waals surface area contributed by atoms with Crippen molar-refractivity contribution in [3.63, 3.8) is 0 Å². The zero-order valence-corrected chi connectivity index (χ0v) is 22.7. The highest BCUT2D eigenvalue weighted by molar-refractivity contribution is 8.00. The van der Waals surface area contributed by atoms with Crippen molar-refractivity contribution in [1.29, 1.82) is 0 Å². The van der Waals surface area contributed by atoms with Gasteiger partial charge in [0.15, 0.2) is 0 Å². The molecule has 1 atom stereocenters. The van der Waals surface area contributed by atoms with Gasteiger partial charge in [0.25, 0.3) is 0 Å². The van der Waals surface area contributed by atoms with Crippen molar-refractivity contribution in [2.75, 3.05) is 37.5 Å². The molecule has 1 aromatic heterocycles. The van der Waals surface area contributed by atoms with Crippen molar-refractivity contribution in [1.82, 2.24) is 15.1 Å². The molecule has 0 bridgehead atoms. The Morgan fingerprint density at radius 3 is 2.62 bits per heavy atom. The number of amides is 2. The molecule has 0 fully saturated rings. The Balaban J connectivity index is 1.75. The molecule has 200 valence electrons. The SMILES string of the molecule is COCCNC(=O)CN1C(=O)CS[C@H](c2ccc(F)cc2)c2c(-c3ccccc3)nn(-c3cccc(Cl)c3)c21. The number of anilines is 1. The standard InChI is InChI=1S/C29H26ClFN4O3S/c1-38-15-14-32-24(36)17-34-25(37)18-39-28(20-10-12-22(31)13-11-20)26-27(19-6-3-2-4-7-19)33-35(29(26)34)23-9-5-8-21(30)16-23/h2-13,16,28H,14-15,17-18H2,1H3,(H,32,36)/t28-/m1/s1. The Morgan fingerprint density at radius 2 is 1.90 bits per heavy atom. The third-order valence-electron chi connectivity index (χ3n) is 6.29. The number of nitrogens with zero attached hydrogens (tertiary/aromatic N) is 3. The Kier molecular flexibility index (Phi) is 8.30. The van der Waals surface area contributed by atoms with Gasteiger partial charge in [-0.05, 0) is 35.9 Å². The number of nitrogens with one attached hydrogen (secondary N) is 1. The lowest BCUT2D eigenvalue weighted by Gasteiger charge is -2.23. The van der Waals surface area contributed by atoms with Gasteiger partial charge in [-0.15, -0.1) is 11.8 Å². The summed E-state index contributed by atoms with van der Waals surface area (Å²) >= 11 is 7.78. The summed E-state index contributed by atoms with van der Waals surface area (Å²) in [5.74, 6) is -0.318. The predicted octanol–water partition coefficient (Wildman–Crippen LogP) is 5.26. The van der Waals surface area contributed by atoms with E-state index in [0.717, 1.165) is 16.7 Å². The fourth-order valence-electron chi connectivity index (χ4n) is 4.51. The number of fused-ring (bicyclic) bond motifs is 1. The molecule has 4 aromatic rings. The third kappa shape index (κ3) is 5.85. The average Bonchev–Trinajstić information content (AvgIpc) is 3.27. The normalized spacial score (nSPS) is 15.1. The summed E-state index contributed by atoms with van der Waals surface area (Å²) in [7, 11) is 1.55. The number of aromatic nitrogens is 2. The highest BCUT2D eigenvalue weighted by Crippen LogP contribution is 2.48. The van der Waals surface area contributed by atoms with Crippen LogP contribution in [0.2, 0.25) is 5.02 Å². The van der Waals surface area contributed by atoms with E-state index in [1.807, 2.05) is 36.4 Å². The van der Waals surface area contributed by atoms with Gasteiger partial charge in [-0.3, -0.25) is 14.5 Å². The average molecular weight is 565 g/mol. The molecule has 39 heavy (non-hydrogen) atoms. The van der Waals surface area contributed by atoms with E-state index in [0.29, 0.717) is 35.4 Å². The van der Waals surface area contributed by atoms with Gasteiger partial charge in [0.2, 0.25) is 11.8 Å². The minimum Gasteiger partial charge on any atom is -0.383 e. The van der Waals surface area contributed by atoms with Crippen molar-refractivity contribution >= 4 is 41.0 Å². The van der Waals surface area contributed by atoms with Crippen LogP contribution in [0.4, 0.5) is 10.2 Å². The Bertz CT molecular complexity index is 1480. The Morgan fingerprint density at radius 1 is 1.13 bits per heavy atom. The van der Waals surface area contributed by atoms with Gasteiger partial charge in [0.1, 0.15) is 18.2 Å². The number of rotatable bonds is 8. The number of benzene rings is 3. The zero-order valence-electron chi connectivity index (χ0n) is 21.1. The second-order valence-corrected chi connectivity index (χ2v) is 10.4. The second kappa shape index (κ2) is 12.0. The minimum absolute atomic E-state index is 0.117. The molecular weight excluding hydrogens is 539 g/mol. The van der Waals surface area contributed by atoms with Gasteiger partial charge >= 0.3 is 0 Å². The van der Waals surface area contributed by atoms with Gasteiger partial charge in [0.05, 0.1) is 29.0 Å². The summed E-state index contributed by atoms with van der Waals surface area (Å²) in [5.41, 5.74) is 3.73. The van der Waals surface area contributed by atoms with Crippen molar-refractivity contribution in [3.05, 3.63) is 101 Å². The number of ether oxygens (including phenoxy) is 1. The van der Waals surface area contributed by atoms with E-state index >= 15 is 0 Å². The van der Waals surface area contributed by atoms with Crippen molar-refractivity contribution in [2.45, 2.75) is 5.25 Å². The molecule has 0 aliphatic carbocycles. The molecule has 0 saturated heterocycles. The smallest absolute Gasteiger partial charge is 0.240 e. The molecular formula is C29H26ClFN4O3S. The van der Waals surface area contributed by atoms with Crippen molar-refractivity contribution < 1.29 is 18.7 Å². The minimum atomic E-state index is -0.353. The monoisotopic (exact) mass is 564 g/mol. The number of hydrogen-bond donors (Lipinski definition) is 1. The number of carbonyl (C=O) groups excluding carboxylic acids is 2. The summed E-state index contributed by atoms with van der Waals surface area (Å²) in [5, 5.41) is 7.96. The van der Waals surface area contributed by atoms with E-state index in [4.69, 9.17) is 21.4 Å². The van der Waals surface area contributed by atoms with Crippen LogP contribution in [0.25, 0.3) is 16.9 Å². The molecule has 7 nitrogen and oxygen atoms in total. The molecule has 0 radical (unpaired) electrons. The van der Waals surface area contributed by atoms with Gasteiger partial charge in [-0.25, -0.2) is 9.07 Å². The quantitative estimate of drug-likeness (QED) is 0.295. The first-order valence-electron chi connectivity index (χ1n) is 12.3. The van der Waals surface area contributed by atoms with E-state index in [2.05, 4.69) is 5.32 Å². The van der Waals surface area contributed by atoms with E-state index in [-0.39, 0.29) is 35.2 Å². The summed E-state index contributed by atoms with van der Waals surface area (Å²) < 4.78 is 20.6. The lowest BCUT2D eigenvalue weighted by atomic mass is 9.99. The second-order valence-electron chi connectivity index (χ2n) is 8.91. The number of carbonyl (C=O) groups is 2. The molecule has 10 heteroatoms. The molecule has 2 amide bonds. The van der Waals surface area contributed by atoms with Crippen LogP contribution in [0, 0.1) is 5.82 Å². The van der Waals surface area contributed by atoms with E-state index in [9.17, 15) is 14.0 Å². The molecule has 2 heterocycles. The first kappa shape index (κ1) is 26.9. The summed E-state index contributed by atoms with van der Waals surface area (Å²) in [6.07, 6.45) is 0. The highest BCUT2D eigenvalue weighted by atomic mass is 35.5. The van der Waals surface area contributed by atoms with E-state index in [1.165, 1.54) is 28.8 Å². The van der Waals surface area contributed by atoms with Crippen LogP contribution >= 0.6 is 23.4 Å². The Labute approximate surface area is 234 Å². The first-order valence-corrected chi connectivity index (χ1v) is 13.8. The fourth-order valence-corrected chi connectivity index (χ4v) is 5.89. The van der Waals surface area contributed by atoms with Crippen LogP contribution in [0.5, 0.6) is 0 Å². The molecule has 5 rings (SSSR count). The number of methoxy groups -OCH3 is 1. The highest BCUT2D eigenvalue weighted by Gasteiger charge is 2.37. The van der Waals surface area contributed by atoms with E-state index < -0.39 is 0 Å². The first-order chi connectivity index (χ1) is 19.0. The third-order valence-corrected chi connectivity index (χ3v) is 7.78. The van der Waals surface area contributed by atoms with Crippen LogP contribution in [-0.4, -0.2) is 54.2 Å². The fraction of sp³-hybridized carbons (Fsp3) is 0.207. The van der Waals surface area contributed by atoms with Gasteiger partial charge in [-0.1, -0.05) is 60.1 Å². The van der Waals surface area contributed by atoms with Gasteiger partial charge in [-0.2, -0.15) is 5.10 Å². The summed E-state index contributed by atoms with van der Waals surface area (Å²) in [6, 6.07) is 23.1. The van der Waals surface area contributed by atoms with Gasteiger partial charge in [0, 0.05) is 29.8 Å². The largest absolute Gasteiger partial charge is 0.383 e. The zero-order chi connectivity index (χ0) is 27.4. The molecule has 1 N–H and O–H groups in total. The Hall–Kier alpha value is -3.66. The molecule has 3 aromatic carbocycles. The van der Waals surface area contributed by atoms with E-state index in [1.54, 1.807) is 42.1 Å². The molecule has 0 saturated carbocycles. The summed E-state index contributed by atoms with van der Waals surface area (Å²) in [4.78, 5) is 28.1. The lowest BCUT2D eigenvalue weighted by Crippen LogP contribution is -2.43.